The normalized spacial score (nSPS) is 13.7. The first kappa shape index (κ1) is 14.4. The lowest BCUT2D eigenvalue weighted by Gasteiger charge is -2.19. The van der Waals surface area contributed by atoms with Gasteiger partial charge in [-0.05, 0) is 5.92 Å². The Morgan fingerprint density at radius 1 is 1.38 bits per heavy atom. The first-order chi connectivity index (χ1) is 7.38. The number of carbonyl (C=O) groups excluding carboxylic acids is 2. The van der Waals surface area contributed by atoms with Crippen LogP contribution in [-0.4, -0.2) is 35.6 Å². The number of carbonyl (C=O) groups is 3. The second-order valence-electron chi connectivity index (χ2n) is 3.55. The molecule has 0 spiro atoms. The quantitative estimate of drug-likeness (QED) is 0.635. The van der Waals surface area contributed by atoms with Crippen LogP contribution in [0.25, 0.3) is 0 Å². The van der Waals surface area contributed by atoms with Gasteiger partial charge in [-0.15, -0.1) is 0 Å². The van der Waals surface area contributed by atoms with Gasteiger partial charge in [0.05, 0.1) is 0 Å². The molecule has 1 amide bonds. The lowest BCUT2D eigenvalue weighted by atomic mass is 9.99. The van der Waals surface area contributed by atoms with E-state index in [0.717, 1.165) is 0 Å². The molecule has 0 aromatic rings. The summed E-state index contributed by atoms with van der Waals surface area (Å²) in [6, 6.07) is -0.951. The number of carboxylic acid groups (broad SMARTS) is 1. The third kappa shape index (κ3) is 5.33. The van der Waals surface area contributed by atoms with Gasteiger partial charge in [0, 0.05) is 6.92 Å². The average molecular weight is 231 g/mol. The summed E-state index contributed by atoms with van der Waals surface area (Å²) in [6.07, 6.45) is 0.630. The number of hydrogen-bond donors (Lipinski definition) is 2. The van der Waals surface area contributed by atoms with E-state index in [4.69, 9.17) is 5.11 Å². The van der Waals surface area contributed by atoms with Crippen molar-refractivity contribution < 1.29 is 24.2 Å². The van der Waals surface area contributed by atoms with Gasteiger partial charge in [-0.3, -0.25) is 9.59 Å². The molecule has 0 rings (SSSR count). The summed E-state index contributed by atoms with van der Waals surface area (Å²) < 4.78 is 4.45. The Morgan fingerprint density at radius 2 is 1.94 bits per heavy atom. The number of esters is 1. The van der Waals surface area contributed by atoms with Gasteiger partial charge in [0.2, 0.25) is 0 Å². The highest BCUT2D eigenvalue weighted by Gasteiger charge is 2.25. The zero-order valence-electron chi connectivity index (χ0n) is 9.65. The summed E-state index contributed by atoms with van der Waals surface area (Å²) in [6.45, 7) is 4.29. The topological polar surface area (TPSA) is 92.7 Å². The molecule has 6 nitrogen and oxygen atoms in total. The summed E-state index contributed by atoms with van der Waals surface area (Å²) in [5, 5.41) is 11.2. The minimum absolute atomic E-state index is 0.182. The van der Waals surface area contributed by atoms with Gasteiger partial charge < -0.3 is 15.2 Å². The summed E-state index contributed by atoms with van der Waals surface area (Å²) in [7, 11) is 0. The molecular formula is C10H17NO5. The predicted octanol–water partition coefficient (Wildman–Crippen LogP) is 0.165. The number of ether oxygens (including phenoxy) is 1. The second kappa shape index (κ2) is 6.81. The van der Waals surface area contributed by atoms with Crippen LogP contribution >= 0.6 is 0 Å². The fourth-order valence-electron chi connectivity index (χ4n) is 1.07. The molecule has 0 fully saturated rings. The molecule has 0 aromatic carbocycles. The van der Waals surface area contributed by atoms with Crippen LogP contribution in [-0.2, 0) is 19.1 Å². The van der Waals surface area contributed by atoms with Crippen molar-refractivity contribution in [1.82, 2.24) is 5.32 Å². The molecule has 0 heterocycles. The highest BCUT2D eigenvalue weighted by molar-refractivity contribution is 5.85. The fourth-order valence-corrected chi connectivity index (χ4v) is 1.07. The maximum atomic E-state index is 11.2. The minimum Gasteiger partial charge on any atom is -0.480 e. The minimum atomic E-state index is -1.09. The van der Waals surface area contributed by atoms with E-state index >= 15 is 0 Å². The molecule has 92 valence electrons. The first-order valence-corrected chi connectivity index (χ1v) is 5.04. The molecule has 2 N–H and O–H groups in total. The smallest absolute Gasteiger partial charge is 0.326 e. The van der Waals surface area contributed by atoms with E-state index in [1.807, 2.05) is 6.92 Å². The van der Waals surface area contributed by atoms with Crippen LogP contribution in [0.4, 0.5) is 0 Å². The first-order valence-electron chi connectivity index (χ1n) is 5.04. The van der Waals surface area contributed by atoms with Crippen molar-refractivity contribution in [2.75, 3.05) is 6.61 Å². The van der Waals surface area contributed by atoms with E-state index in [2.05, 4.69) is 10.1 Å². The van der Waals surface area contributed by atoms with E-state index < -0.39 is 30.5 Å². The molecule has 2 atom stereocenters. The van der Waals surface area contributed by atoms with Crippen molar-refractivity contribution in [1.29, 1.82) is 0 Å². The van der Waals surface area contributed by atoms with Crippen LogP contribution in [0.2, 0.25) is 0 Å². The van der Waals surface area contributed by atoms with Crippen molar-refractivity contribution in [2.45, 2.75) is 33.2 Å². The van der Waals surface area contributed by atoms with E-state index in [1.54, 1.807) is 6.92 Å². The van der Waals surface area contributed by atoms with E-state index in [0.29, 0.717) is 6.42 Å². The monoisotopic (exact) mass is 231 g/mol. The standard InChI is InChI=1S/C10H17NO5/c1-4-6(2)9(10(14)15)11-8(13)5-16-7(3)12/h6,9H,4-5H2,1-3H3,(H,11,13)(H,14,15)/t6-,9+/m1/s1. The zero-order valence-corrected chi connectivity index (χ0v) is 9.65. The number of carboxylic acids is 1. The average Bonchev–Trinajstić information content (AvgIpc) is 2.21. The van der Waals surface area contributed by atoms with Crippen molar-refractivity contribution in [3.63, 3.8) is 0 Å². The Hall–Kier alpha value is -1.59. The zero-order chi connectivity index (χ0) is 12.7. The Kier molecular flexibility index (Phi) is 6.14. The molecule has 0 radical (unpaired) electrons. The molecule has 0 saturated carbocycles. The molecule has 16 heavy (non-hydrogen) atoms. The van der Waals surface area contributed by atoms with Gasteiger partial charge in [0.1, 0.15) is 6.04 Å². The van der Waals surface area contributed by atoms with Crippen LogP contribution in [0.5, 0.6) is 0 Å². The molecule has 0 aromatic heterocycles. The van der Waals surface area contributed by atoms with Crippen LogP contribution in [0.15, 0.2) is 0 Å². The number of nitrogens with one attached hydrogen (secondary N) is 1. The molecule has 0 aliphatic rings. The summed E-state index contributed by atoms with van der Waals surface area (Å²) in [5.74, 6) is -2.46. The molecule has 0 bridgehead atoms. The SMILES string of the molecule is CC[C@@H](C)[C@H](NC(=O)COC(C)=O)C(=O)O. The van der Waals surface area contributed by atoms with Gasteiger partial charge in [-0.2, -0.15) is 0 Å². The third-order valence-corrected chi connectivity index (χ3v) is 2.20. The molecule has 0 saturated heterocycles. The number of hydrogen-bond acceptors (Lipinski definition) is 4. The molecular weight excluding hydrogens is 214 g/mol. The fraction of sp³-hybridized carbons (Fsp3) is 0.700. The highest BCUT2D eigenvalue weighted by Crippen LogP contribution is 2.07. The van der Waals surface area contributed by atoms with Crippen LogP contribution in [0, 0.1) is 5.92 Å². The van der Waals surface area contributed by atoms with Gasteiger partial charge in [0.15, 0.2) is 6.61 Å². The lowest BCUT2D eigenvalue weighted by molar-refractivity contribution is -0.148. The number of rotatable bonds is 6. The van der Waals surface area contributed by atoms with Gasteiger partial charge in [-0.25, -0.2) is 4.79 Å². The molecule has 0 aliphatic carbocycles. The van der Waals surface area contributed by atoms with Crippen molar-refractivity contribution in [3.8, 4) is 0 Å². The van der Waals surface area contributed by atoms with Crippen LogP contribution in [0.3, 0.4) is 0 Å². The van der Waals surface area contributed by atoms with Crippen molar-refractivity contribution in [2.24, 2.45) is 5.92 Å². The van der Waals surface area contributed by atoms with E-state index in [9.17, 15) is 14.4 Å². The number of aliphatic carboxylic acids is 1. The van der Waals surface area contributed by atoms with Gasteiger partial charge >= 0.3 is 11.9 Å². The largest absolute Gasteiger partial charge is 0.480 e. The summed E-state index contributed by atoms with van der Waals surface area (Å²) >= 11 is 0. The van der Waals surface area contributed by atoms with Gasteiger partial charge in [-0.1, -0.05) is 20.3 Å². The maximum absolute atomic E-state index is 11.2. The predicted molar refractivity (Wildman–Crippen MR) is 55.7 cm³/mol. The third-order valence-electron chi connectivity index (χ3n) is 2.20. The van der Waals surface area contributed by atoms with Crippen LogP contribution in [0.1, 0.15) is 27.2 Å². The van der Waals surface area contributed by atoms with Crippen molar-refractivity contribution >= 4 is 17.8 Å². The summed E-state index contributed by atoms with van der Waals surface area (Å²) in [5.41, 5.74) is 0. The molecule has 0 aliphatic heterocycles. The Labute approximate surface area is 94.0 Å². The van der Waals surface area contributed by atoms with Gasteiger partial charge in [0.25, 0.3) is 5.91 Å². The van der Waals surface area contributed by atoms with Crippen molar-refractivity contribution in [3.05, 3.63) is 0 Å². The number of amides is 1. The Balaban J connectivity index is 4.24. The molecule has 6 heteroatoms. The Bertz CT molecular complexity index is 276. The maximum Gasteiger partial charge on any atom is 0.326 e. The second-order valence-corrected chi connectivity index (χ2v) is 3.55. The van der Waals surface area contributed by atoms with E-state index in [1.165, 1.54) is 6.92 Å². The summed E-state index contributed by atoms with van der Waals surface area (Å²) in [4.78, 5) is 32.5. The van der Waals surface area contributed by atoms with Crippen LogP contribution < -0.4 is 5.32 Å². The molecule has 0 unspecified atom stereocenters. The Morgan fingerprint density at radius 3 is 2.31 bits per heavy atom. The van der Waals surface area contributed by atoms with E-state index in [-0.39, 0.29) is 5.92 Å². The lowest BCUT2D eigenvalue weighted by Crippen LogP contribution is -2.46. The highest BCUT2D eigenvalue weighted by atomic mass is 16.5.